The maximum absolute atomic E-state index is 6.01. The molecule has 0 amide bonds. The van der Waals surface area contributed by atoms with E-state index in [1.807, 2.05) is 18.2 Å². The predicted molar refractivity (Wildman–Crippen MR) is 88.6 cm³/mol. The molecule has 2 N–H and O–H groups in total. The minimum Gasteiger partial charge on any atom is -0.489 e. The molecule has 2 aromatic rings. The van der Waals surface area contributed by atoms with Crippen molar-refractivity contribution < 1.29 is 4.74 Å². The van der Waals surface area contributed by atoms with Crippen molar-refractivity contribution in [1.82, 2.24) is 0 Å². The van der Waals surface area contributed by atoms with Crippen LogP contribution in [0.1, 0.15) is 31.9 Å². The van der Waals surface area contributed by atoms with Crippen LogP contribution in [0.2, 0.25) is 0 Å². The largest absolute Gasteiger partial charge is 0.489 e. The Morgan fingerprint density at radius 3 is 2.00 bits per heavy atom. The Labute approximate surface area is 127 Å². The lowest BCUT2D eigenvalue weighted by atomic mass is 9.89. The van der Waals surface area contributed by atoms with Crippen LogP contribution in [0.3, 0.4) is 0 Å². The molecule has 0 aromatic heterocycles. The van der Waals surface area contributed by atoms with Gasteiger partial charge in [-0.2, -0.15) is 0 Å². The van der Waals surface area contributed by atoms with E-state index in [2.05, 4.69) is 57.2 Å². The van der Waals surface area contributed by atoms with Gasteiger partial charge in [0.15, 0.2) is 0 Å². The van der Waals surface area contributed by atoms with Crippen molar-refractivity contribution in [2.24, 2.45) is 11.1 Å². The Hall–Kier alpha value is -1.80. The zero-order valence-electron chi connectivity index (χ0n) is 13.2. The van der Waals surface area contributed by atoms with Gasteiger partial charge in [0, 0.05) is 12.0 Å². The molecule has 0 saturated heterocycles. The highest BCUT2D eigenvalue weighted by molar-refractivity contribution is 5.31. The molecule has 1 unspecified atom stereocenters. The number of ether oxygens (including phenoxy) is 1. The van der Waals surface area contributed by atoms with E-state index in [1.54, 1.807) is 0 Å². The normalized spacial score (nSPS) is 13.0. The van der Waals surface area contributed by atoms with Crippen molar-refractivity contribution in [1.29, 1.82) is 0 Å². The molecule has 0 bridgehead atoms. The van der Waals surface area contributed by atoms with Crippen molar-refractivity contribution in [3.63, 3.8) is 0 Å². The van der Waals surface area contributed by atoms with Crippen LogP contribution < -0.4 is 10.5 Å². The maximum atomic E-state index is 6.01. The lowest BCUT2D eigenvalue weighted by molar-refractivity contribution is 0.0941. The van der Waals surface area contributed by atoms with E-state index in [0.717, 1.165) is 12.2 Å². The lowest BCUT2D eigenvalue weighted by Crippen LogP contribution is -2.38. The number of hydrogen-bond donors (Lipinski definition) is 1. The Bertz CT molecular complexity index is 540. The lowest BCUT2D eigenvalue weighted by Gasteiger charge is -2.30. The second kappa shape index (κ2) is 6.77. The highest BCUT2D eigenvalue weighted by Gasteiger charge is 2.24. The molecule has 2 heteroatoms. The summed E-state index contributed by atoms with van der Waals surface area (Å²) in [5.41, 5.74) is 8.46. The third-order valence-corrected chi connectivity index (χ3v) is 3.63. The second-order valence-corrected chi connectivity index (χ2v) is 6.51. The fourth-order valence-electron chi connectivity index (χ4n) is 2.26. The van der Waals surface area contributed by atoms with Crippen molar-refractivity contribution in [2.75, 3.05) is 6.54 Å². The molecule has 0 spiro atoms. The van der Waals surface area contributed by atoms with E-state index in [9.17, 15) is 0 Å². The Morgan fingerprint density at radius 1 is 0.905 bits per heavy atom. The van der Waals surface area contributed by atoms with Gasteiger partial charge < -0.3 is 10.5 Å². The van der Waals surface area contributed by atoms with Crippen LogP contribution in [0, 0.1) is 5.41 Å². The molecule has 112 valence electrons. The van der Waals surface area contributed by atoms with Gasteiger partial charge in [-0.1, -0.05) is 63.2 Å². The molecule has 2 rings (SSSR count). The first-order chi connectivity index (χ1) is 9.99. The van der Waals surface area contributed by atoms with Crippen LogP contribution in [0.25, 0.3) is 0 Å². The molecule has 21 heavy (non-hydrogen) atoms. The molecule has 0 fully saturated rings. The molecular formula is C19H25NO. The van der Waals surface area contributed by atoms with Crippen LogP contribution in [0.4, 0.5) is 0 Å². The molecule has 2 nitrogen and oxygen atoms in total. The quantitative estimate of drug-likeness (QED) is 0.899. The summed E-state index contributed by atoms with van der Waals surface area (Å²) < 4.78 is 6.01. The summed E-state index contributed by atoms with van der Waals surface area (Å²) in [5.74, 6) is 0.886. The second-order valence-electron chi connectivity index (χ2n) is 6.51. The topological polar surface area (TPSA) is 35.2 Å². The molecule has 0 radical (unpaired) electrons. The third-order valence-electron chi connectivity index (χ3n) is 3.63. The Kier molecular flexibility index (Phi) is 5.03. The van der Waals surface area contributed by atoms with Crippen molar-refractivity contribution in [2.45, 2.75) is 33.3 Å². The van der Waals surface area contributed by atoms with Gasteiger partial charge in [-0.05, 0) is 29.7 Å². The van der Waals surface area contributed by atoms with Crippen LogP contribution in [-0.4, -0.2) is 12.6 Å². The van der Waals surface area contributed by atoms with E-state index in [4.69, 9.17) is 10.5 Å². The zero-order chi connectivity index (χ0) is 15.3. The summed E-state index contributed by atoms with van der Waals surface area (Å²) in [6.45, 7) is 6.96. The average molecular weight is 283 g/mol. The highest BCUT2D eigenvalue weighted by Crippen LogP contribution is 2.24. The number of rotatable bonds is 5. The van der Waals surface area contributed by atoms with Gasteiger partial charge in [0.25, 0.3) is 0 Å². The minimum atomic E-state index is 0.0254. The molecule has 0 saturated carbocycles. The van der Waals surface area contributed by atoms with Gasteiger partial charge in [-0.3, -0.25) is 0 Å². The van der Waals surface area contributed by atoms with Gasteiger partial charge in [-0.25, -0.2) is 0 Å². The van der Waals surface area contributed by atoms with E-state index >= 15 is 0 Å². The SMILES string of the molecule is CC(C)(C)C(CN)Oc1ccc(Cc2ccccc2)cc1. The number of nitrogens with two attached hydrogens (primary N) is 1. The van der Waals surface area contributed by atoms with Gasteiger partial charge in [0.05, 0.1) is 0 Å². The van der Waals surface area contributed by atoms with E-state index in [-0.39, 0.29) is 11.5 Å². The first-order valence-corrected chi connectivity index (χ1v) is 7.48. The highest BCUT2D eigenvalue weighted by atomic mass is 16.5. The van der Waals surface area contributed by atoms with E-state index < -0.39 is 0 Å². The van der Waals surface area contributed by atoms with E-state index in [1.165, 1.54) is 11.1 Å². The van der Waals surface area contributed by atoms with Crippen LogP contribution >= 0.6 is 0 Å². The van der Waals surface area contributed by atoms with Gasteiger partial charge in [0.2, 0.25) is 0 Å². The van der Waals surface area contributed by atoms with Gasteiger partial charge in [0.1, 0.15) is 11.9 Å². The molecule has 0 aliphatic carbocycles. The summed E-state index contributed by atoms with van der Waals surface area (Å²) in [4.78, 5) is 0. The van der Waals surface area contributed by atoms with Crippen LogP contribution in [0.5, 0.6) is 5.75 Å². The van der Waals surface area contributed by atoms with Crippen molar-refractivity contribution in [3.8, 4) is 5.75 Å². The predicted octanol–water partition coefficient (Wildman–Crippen LogP) is 4.03. The average Bonchev–Trinajstić information content (AvgIpc) is 2.46. The molecular weight excluding hydrogens is 258 g/mol. The first-order valence-electron chi connectivity index (χ1n) is 7.48. The van der Waals surface area contributed by atoms with Crippen molar-refractivity contribution in [3.05, 3.63) is 65.7 Å². The van der Waals surface area contributed by atoms with Gasteiger partial charge in [-0.15, -0.1) is 0 Å². The summed E-state index contributed by atoms with van der Waals surface area (Å²) >= 11 is 0. The molecule has 0 heterocycles. The van der Waals surface area contributed by atoms with Crippen LogP contribution in [-0.2, 0) is 6.42 Å². The smallest absolute Gasteiger partial charge is 0.119 e. The van der Waals surface area contributed by atoms with Crippen molar-refractivity contribution >= 4 is 0 Å². The number of benzene rings is 2. The maximum Gasteiger partial charge on any atom is 0.119 e. The molecule has 1 atom stereocenters. The standard InChI is InChI=1S/C19H25NO/c1-19(2,3)18(14-20)21-17-11-9-16(10-12-17)13-15-7-5-4-6-8-15/h4-12,18H,13-14,20H2,1-3H3. The Balaban J connectivity index is 2.02. The first kappa shape index (κ1) is 15.6. The minimum absolute atomic E-state index is 0.0254. The monoisotopic (exact) mass is 283 g/mol. The molecule has 2 aromatic carbocycles. The fraction of sp³-hybridized carbons (Fsp3) is 0.368. The van der Waals surface area contributed by atoms with Crippen LogP contribution in [0.15, 0.2) is 54.6 Å². The zero-order valence-corrected chi connectivity index (χ0v) is 13.2. The summed E-state index contributed by atoms with van der Waals surface area (Å²) in [5, 5.41) is 0. The summed E-state index contributed by atoms with van der Waals surface area (Å²) in [6.07, 6.45) is 0.971. The molecule has 0 aliphatic heterocycles. The fourth-order valence-corrected chi connectivity index (χ4v) is 2.26. The third kappa shape index (κ3) is 4.61. The summed E-state index contributed by atoms with van der Waals surface area (Å²) in [6, 6.07) is 18.8. The number of hydrogen-bond acceptors (Lipinski definition) is 2. The van der Waals surface area contributed by atoms with E-state index in [0.29, 0.717) is 6.54 Å². The summed E-state index contributed by atoms with van der Waals surface area (Å²) in [7, 11) is 0. The Morgan fingerprint density at radius 2 is 1.48 bits per heavy atom. The van der Waals surface area contributed by atoms with Gasteiger partial charge >= 0.3 is 0 Å². The molecule has 0 aliphatic rings.